The fourth-order valence-electron chi connectivity index (χ4n) is 18.3. The van der Waals surface area contributed by atoms with Gasteiger partial charge < -0.3 is 0 Å². The molecule has 11 atom stereocenters. The van der Waals surface area contributed by atoms with E-state index in [-0.39, 0.29) is 29.4 Å². The average Bonchev–Trinajstić information content (AvgIpc) is 0.852. The smallest absolute Gasteiger partial charge is 0.270 e. The molecule has 0 N–H and O–H groups in total. The highest BCUT2D eigenvalue weighted by atomic mass is 32.2. The van der Waals surface area contributed by atoms with E-state index < -0.39 is 60.7 Å². The first-order chi connectivity index (χ1) is 68.6. The molecule has 0 heterocycles. The Hall–Kier alpha value is -5.22. The van der Waals surface area contributed by atoms with Gasteiger partial charge in [-0.15, -0.1) is 0 Å². The second kappa shape index (κ2) is 79.8. The zero-order valence-corrected chi connectivity index (χ0v) is 99.3. The van der Waals surface area contributed by atoms with Crippen LogP contribution in [0.2, 0.25) is 0 Å². The highest BCUT2D eigenvalue weighted by molar-refractivity contribution is 7.88. The molecular weight excluding hydrogens is 1920 g/mol. The van der Waals surface area contributed by atoms with Crippen molar-refractivity contribution in [3.8, 4) is 0 Å². The average molecular weight is 2130 g/mol. The van der Waals surface area contributed by atoms with Crippen LogP contribution in [0.4, 0.5) is 0 Å². The molecule has 6 rings (SSSR count). The van der Waals surface area contributed by atoms with Crippen molar-refractivity contribution in [3.63, 3.8) is 0 Å². The Morgan fingerprint density at radius 2 is 0.347 bits per heavy atom. The molecule has 144 heavy (non-hydrogen) atoms. The van der Waals surface area contributed by atoms with Crippen LogP contribution in [0.15, 0.2) is 175 Å². The second-order valence-electron chi connectivity index (χ2n) is 41.4. The lowest BCUT2D eigenvalue weighted by Gasteiger charge is -2.18. The van der Waals surface area contributed by atoms with Gasteiger partial charge in [0.1, 0.15) is 0 Å². The molecule has 828 valence electrons. The lowest BCUT2D eigenvalue weighted by molar-refractivity contribution is 0.396. The molecule has 0 aromatic heterocycles. The lowest BCUT2D eigenvalue weighted by Crippen LogP contribution is -2.05. The molecule has 0 fully saturated rings. The van der Waals surface area contributed by atoms with Gasteiger partial charge in [0.25, 0.3) is 60.7 Å². The van der Waals surface area contributed by atoms with Gasteiger partial charge in [-0.25, -0.2) is 0 Å². The van der Waals surface area contributed by atoms with Gasteiger partial charge in [-0.05, 0) is 216 Å². The van der Waals surface area contributed by atoms with Crippen molar-refractivity contribution in [3.05, 3.63) is 179 Å². The molecule has 0 bridgehead atoms. The maximum absolute atomic E-state index is 11.7. The Kier molecular flexibility index (Phi) is 75.8. The number of hydrogen-bond acceptors (Lipinski definition) is 18. The predicted molar refractivity (Wildman–Crippen MR) is 605 cm³/mol. The minimum atomic E-state index is -3.59. The molecule has 6 aromatic rings. The monoisotopic (exact) mass is 2130 g/mol. The molecule has 18 nitrogen and oxygen atoms in total. The third-order valence-electron chi connectivity index (χ3n) is 29.1. The highest BCUT2D eigenvalue weighted by Gasteiger charge is 2.23. The van der Waals surface area contributed by atoms with Crippen LogP contribution in [-0.2, 0) is 85.8 Å². The fraction of sp³-hybridized carbons (Fsp3) is 0.700. The van der Waals surface area contributed by atoms with Crippen LogP contribution in [0.3, 0.4) is 0 Å². The van der Waals surface area contributed by atoms with E-state index >= 15 is 0 Å². The Morgan fingerprint density at radius 1 is 0.174 bits per heavy atom. The predicted octanol–water partition coefficient (Wildman–Crippen LogP) is 35.6. The van der Waals surface area contributed by atoms with E-state index in [1.807, 2.05) is 72.8 Å². The third kappa shape index (κ3) is 60.1. The fourth-order valence-corrected chi connectivity index (χ4v) is 22.3. The molecule has 0 aliphatic carbocycles. The van der Waals surface area contributed by atoms with Crippen LogP contribution in [0.25, 0.3) is 0 Å². The largest absolute Gasteiger partial charge is 0.296 e. The molecule has 0 aliphatic rings. The summed E-state index contributed by atoms with van der Waals surface area (Å²) in [7, 11) is -14.3. The third-order valence-corrected chi connectivity index (χ3v) is 36.8. The maximum Gasteiger partial charge on any atom is 0.296 e. The topological polar surface area (TPSA) is 260 Å². The van der Waals surface area contributed by atoms with Gasteiger partial charge in [0.2, 0.25) is 0 Å². The molecule has 0 saturated carbocycles. The van der Waals surface area contributed by atoms with Crippen molar-refractivity contribution in [2.75, 3.05) is 42.7 Å². The van der Waals surface area contributed by atoms with Gasteiger partial charge in [-0.3, -0.25) is 25.1 Å². The molecule has 11 unspecified atom stereocenters. The molecule has 0 amide bonds. The molecule has 0 spiro atoms. The molecule has 24 heteroatoms. The van der Waals surface area contributed by atoms with E-state index in [4.69, 9.17) is 0 Å². The first-order valence-corrected chi connectivity index (χ1v) is 64.4. The van der Waals surface area contributed by atoms with Crippen LogP contribution in [0, 0.1) is 29.6 Å². The number of benzene rings is 6. The van der Waals surface area contributed by atoms with E-state index in [9.17, 15) is 50.5 Å². The van der Waals surface area contributed by atoms with E-state index in [1.165, 1.54) is 359 Å². The van der Waals surface area contributed by atoms with Crippen LogP contribution < -0.4 is 0 Å². The van der Waals surface area contributed by atoms with E-state index in [2.05, 4.69) is 143 Å². The number of hydrogen-bond donors (Lipinski definition) is 0. The minimum Gasteiger partial charge on any atom is -0.270 e. The second-order valence-corrected chi connectivity index (χ2v) is 51.7. The molecule has 0 saturated heterocycles. The Morgan fingerprint density at radius 3 is 0.597 bits per heavy atom. The zero-order valence-electron chi connectivity index (χ0n) is 94.4. The van der Waals surface area contributed by atoms with Gasteiger partial charge >= 0.3 is 0 Å². The van der Waals surface area contributed by atoms with Crippen molar-refractivity contribution in [1.29, 1.82) is 0 Å². The Labute approximate surface area is 884 Å². The number of rotatable bonds is 73. The number of unbranched alkanes of at least 4 members (excludes halogenated alkanes) is 27. The summed E-state index contributed by atoms with van der Waals surface area (Å²) in [6.07, 6.45) is 65.1. The Bertz CT molecular complexity index is 4880. The van der Waals surface area contributed by atoms with E-state index in [0.717, 1.165) is 62.2 Å². The lowest BCUT2D eigenvalue weighted by atomic mass is 9.87. The van der Waals surface area contributed by atoms with Crippen molar-refractivity contribution >= 4 is 60.7 Å². The van der Waals surface area contributed by atoms with Gasteiger partial charge in [0.15, 0.2) is 0 Å². The normalized spacial score (nSPS) is 14.3. The summed E-state index contributed by atoms with van der Waals surface area (Å²) in [6.45, 7) is 38.5. The molecule has 6 aromatic carbocycles. The summed E-state index contributed by atoms with van der Waals surface area (Å²) in [6, 6.07) is 42.7. The summed E-state index contributed by atoms with van der Waals surface area (Å²) >= 11 is 0. The van der Waals surface area contributed by atoms with Crippen LogP contribution in [-0.4, -0.2) is 93.2 Å². The van der Waals surface area contributed by atoms with Gasteiger partial charge in [0, 0.05) is 0 Å². The van der Waals surface area contributed by atoms with Crippen molar-refractivity contribution < 1.29 is 75.6 Å². The minimum absolute atomic E-state index is 0.223. The maximum atomic E-state index is 11.7. The summed E-state index contributed by atoms with van der Waals surface area (Å²) in [4.78, 5) is 1.35. The van der Waals surface area contributed by atoms with Crippen molar-refractivity contribution in [2.24, 2.45) is 29.6 Å². The van der Waals surface area contributed by atoms with Gasteiger partial charge in [-0.2, -0.15) is 50.5 Å². The van der Waals surface area contributed by atoms with Crippen molar-refractivity contribution in [2.45, 2.75) is 504 Å². The SMILES string of the molecule is CCC(C)CCCCCCCC(C)c1ccc(S(=O)(=O)OC)cc1.CCCCCC(C)CCCCC(C)c1ccc(S(=O)(=O)OC)cc1.CCCCCCC(C)CCC(CC)c1ccc(S(=O)(=O)OC)cc1.CCCCCCCC(C)CCC(C)c1ccc(S(=O)(=O)OC)cc1.CCCCCCCCC(C)CC(C)c1ccc(S(=O)(=O)OC)cc1.CCCCCCCCCCCC(C)c1ccc(S(=O)(=O)OC)cc1. The van der Waals surface area contributed by atoms with Crippen molar-refractivity contribution in [1.82, 2.24) is 0 Å². The van der Waals surface area contributed by atoms with Crippen LogP contribution >= 0.6 is 0 Å². The van der Waals surface area contributed by atoms with Crippen LogP contribution in [0.1, 0.15) is 508 Å². The summed E-state index contributed by atoms with van der Waals surface area (Å²) in [5, 5.41) is 0. The first kappa shape index (κ1) is 137. The summed E-state index contributed by atoms with van der Waals surface area (Å²) in [5.74, 6) is 6.73. The Balaban J connectivity index is 0.000000864. The van der Waals surface area contributed by atoms with E-state index in [1.54, 1.807) is 72.8 Å². The molecular formula is C120H204O18S6. The first-order valence-electron chi connectivity index (χ1n) is 56.0. The van der Waals surface area contributed by atoms with Crippen LogP contribution in [0.5, 0.6) is 0 Å². The van der Waals surface area contributed by atoms with Gasteiger partial charge in [-0.1, -0.05) is 467 Å². The van der Waals surface area contributed by atoms with E-state index in [0.29, 0.717) is 41.4 Å². The zero-order chi connectivity index (χ0) is 108. The highest BCUT2D eigenvalue weighted by Crippen LogP contribution is 2.35. The summed E-state index contributed by atoms with van der Waals surface area (Å²) < 4.78 is 167. The molecule has 0 aliphatic heterocycles. The van der Waals surface area contributed by atoms with Gasteiger partial charge in [0.05, 0.1) is 72.0 Å². The molecule has 0 radical (unpaired) electrons. The standard InChI is InChI=1S/6C20H34O3S/c1-5-17(2)11-9-7-6-8-10-12-18(3)19-13-15-20(16-14-19)24(21,22)23-4;1-5-6-7-10-17(2)11-8-9-12-18(3)19-13-15-20(16-14-19)24(21,22)23-4;1-5-6-7-8-9-10-17(2)11-12-18(3)19-13-15-20(16-14-19)24(21,22)23-4;1-5-6-7-8-9-10-11-17(2)16-18(3)19-12-14-20(15-13-19)24(21,22)23-4;1-5-7-8-9-10-17(3)11-12-18(6-2)19-13-15-20(16-14-19)24(21,22)23-4;1-4-5-6-7-8-9-10-11-12-13-18(2)19-14-16-20(17-15-19)24(21,22)23-3/h3*13-18H,5-12H2,1-4H3;12-15,17-18H,5-11,16H2,1-4H3;13-18H,5-12H2,1-4H3;14-18H,4-13H2,1-3H3. The quantitative estimate of drug-likeness (QED) is 0.0254. The summed E-state index contributed by atoms with van der Waals surface area (Å²) in [5.41, 5.74) is 7.21.